The fraction of sp³-hybridized carbons (Fsp3) is 0.611. The van der Waals surface area contributed by atoms with Crippen LogP contribution in [-0.2, 0) is 23.7 Å². The highest BCUT2D eigenvalue weighted by molar-refractivity contribution is 7.86. The van der Waals surface area contributed by atoms with Crippen LogP contribution in [0.4, 0.5) is 0 Å². The minimum atomic E-state index is -3.35. The molecule has 0 unspecified atom stereocenters. The lowest BCUT2D eigenvalue weighted by atomic mass is 9.95. The molecule has 1 atom stereocenters. The molecule has 2 aromatic rings. The van der Waals surface area contributed by atoms with Crippen LogP contribution in [-0.4, -0.2) is 64.0 Å². The van der Waals surface area contributed by atoms with Crippen molar-refractivity contribution in [3.05, 3.63) is 29.5 Å². The molecule has 27 heavy (non-hydrogen) atoms. The Hall–Kier alpha value is -1.84. The molecule has 0 N–H and O–H groups in total. The zero-order valence-electron chi connectivity index (χ0n) is 16.7. The SMILES string of the molecule is Cc1nn(C)c(C)c1-c1cnc(C[C@@H]2CCCN(S(=O)(=O)N(C)C)C2)cn1. The van der Waals surface area contributed by atoms with Crippen LogP contribution >= 0.6 is 0 Å². The minimum absolute atomic E-state index is 0.260. The summed E-state index contributed by atoms with van der Waals surface area (Å²) in [7, 11) is 1.72. The lowest BCUT2D eigenvalue weighted by Crippen LogP contribution is -2.45. The van der Waals surface area contributed by atoms with Crippen LogP contribution < -0.4 is 0 Å². The van der Waals surface area contributed by atoms with Gasteiger partial charge in [0.15, 0.2) is 0 Å². The summed E-state index contributed by atoms with van der Waals surface area (Å²) < 4.78 is 29.4. The summed E-state index contributed by atoms with van der Waals surface area (Å²) >= 11 is 0. The maximum absolute atomic E-state index is 12.4. The number of piperidine rings is 1. The van der Waals surface area contributed by atoms with E-state index in [0.29, 0.717) is 13.1 Å². The van der Waals surface area contributed by atoms with E-state index in [0.717, 1.165) is 47.6 Å². The summed E-state index contributed by atoms with van der Waals surface area (Å²) in [6.07, 6.45) is 6.21. The Morgan fingerprint density at radius 3 is 2.52 bits per heavy atom. The molecule has 0 aliphatic carbocycles. The van der Waals surface area contributed by atoms with Crippen molar-refractivity contribution in [2.24, 2.45) is 13.0 Å². The van der Waals surface area contributed by atoms with Crippen molar-refractivity contribution in [1.29, 1.82) is 0 Å². The van der Waals surface area contributed by atoms with E-state index in [1.807, 2.05) is 25.6 Å². The van der Waals surface area contributed by atoms with E-state index < -0.39 is 10.2 Å². The minimum Gasteiger partial charge on any atom is -0.272 e. The average Bonchev–Trinajstić information content (AvgIpc) is 2.88. The molecule has 0 saturated carbocycles. The zero-order valence-corrected chi connectivity index (χ0v) is 17.5. The number of hydrogen-bond acceptors (Lipinski definition) is 5. The Morgan fingerprint density at radius 1 is 1.22 bits per heavy atom. The van der Waals surface area contributed by atoms with Crippen molar-refractivity contribution in [2.45, 2.75) is 33.1 Å². The normalized spacial score (nSPS) is 19.0. The Morgan fingerprint density at radius 2 is 1.96 bits per heavy atom. The molecule has 0 spiro atoms. The van der Waals surface area contributed by atoms with E-state index >= 15 is 0 Å². The molecule has 0 radical (unpaired) electrons. The van der Waals surface area contributed by atoms with Gasteiger partial charge in [0.2, 0.25) is 0 Å². The fourth-order valence-electron chi connectivity index (χ4n) is 3.66. The fourth-order valence-corrected chi connectivity index (χ4v) is 4.88. The third-order valence-electron chi connectivity index (χ3n) is 5.24. The van der Waals surface area contributed by atoms with Gasteiger partial charge in [0.25, 0.3) is 10.2 Å². The smallest absolute Gasteiger partial charge is 0.272 e. The lowest BCUT2D eigenvalue weighted by molar-refractivity contribution is 0.253. The Labute approximate surface area is 161 Å². The zero-order chi connectivity index (χ0) is 19.8. The van der Waals surface area contributed by atoms with Gasteiger partial charge in [0.05, 0.1) is 23.3 Å². The van der Waals surface area contributed by atoms with Gasteiger partial charge in [-0.2, -0.15) is 22.1 Å². The van der Waals surface area contributed by atoms with Gasteiger partial charge < -0.3 is 0 Å². The van der Waals surface area contributed by atoms with Crippen molar-refractivity contribution < 1.29 is 8.42 Å². The predicted molar refractivity (Wildman–Crippen MR) is 104 cm³/mol. The molecule has 1 saturated heterocycles. The summed E-state index contributed by atoms with van der Waals surface area (Å²) in [5.41, 5.74) is 4.74. The van der Waals surface area contributed by atoms with Crippen molar-refractivity contribution in [2.75, 3.05) is 27.2 Å². The largest absolute Gasteiger partial charge is 0.281 e. The second kappa shape index (κ2) is 7.65. The topological polar surface area (TPSA) is 84.2 Å². The second-order valence-corrected chi connectivity index (χ2v) is 9.57. The van der Waals surface area contributed by atoms with Crippen molar-refractivity contribution >= 4 is 10.2 Å². The Kier molecular flexibility index (Phi) is 5.64. The molecule has 9 heteroatoms. The van der Waals surface area contributed by atoms with E-state index in [-0.39, 0.29) is 5.92 Å². The van der Waals surface area contributed by atoms with Crippen LogP contribution in [0.2, 0.25) is 0 Å². The van der Waals surface area contributed by atoms with Gasteiger partial charge in [-0.1, -0.05) is 0 Å². The molecular formula is C18H28N6O2S. The number of aromatic nitrogens is 4. The Balaban J connectivity index is 1.71. The second-order valence-electron chi connectivity index (χ2n) is 7.42. The highest BCUT2D eigenvalue weighted by Crippen LogP contribution is 2.26. The monoisotopic (exact) mass is 392 g/mol. The maximum Gasteiger partial charge on any atom is 0.281 e. The third-order valence-corrected chi connectivity index (χ3v) is 7.14. The van der Waals surface area contributed by atoms with Crippen LogP contribution in [0.3, 0.4) is 0 Å². The molecule has 8 nitrogen and oxygen atoms in total. The van der Waals surface area contributed by atoms with E-state index in [1.165, 1.54) is 4.31 Å². The van der Waals surface area contributed by atoms with E-state index in [9.17, 15) is 8.42 Å². The van der Waals surface area contributed by atoms with Crippen molar-refractivity contribution in [3.8, 4) is 11.3 Å². The summed E-state index contributed by atoms with van der Waals surface area (Å²) in [5, 5.41) is 4.43. The molecule has 0 bridgehead atoms. The molecule has 1 aliphatic rings. The first kappa shape index (κ1) is 19.9. The van der Waals surface area contributed by atoms with Crippen LogP contribution in [0.5, 0.6) is 0 Å². The van der Waals surface area contributed by atoms with Crippen LogP contribution in [0.15, 0.2) is 12.4 Å². The van der Waals surface area contributed by atoms with Gasteiger partial charge in [-0.15, -0.1) is 0 Å². The van der Waals surface area contributed by atoms with Gasteiger partial charge in [0, 0.05) is 51.7 Å². The van der Waals surface area contributed by atoms with Crippen LogP contribution in [0.1, 0.15) is 29.9 Å². The predicted octanol–water partition coefficient (Wildman–Crippen LogP) is 1.55. The number of nitrogens with zero attached hydrogens (tertiary/aromatic N) is 6. The Bertz CT molecular complexity index is 905. The van der Waals surface area contributed by atoms with Gasteiger partial charge >= 0.3 is 0 Å². The third kappa shape index (κ3) is 4.04. The molecule has 0 aromatic carbocycles. The van der Waals surface area contributed by atoms with Gasteiger partial charge in [-0.3, -0.25) is 14.6 Å². The van der Waals surface area contributed by atoms with Gasteiger partial charge in [0.1, 0.15) is 0 Å². The summed E-state index contributed by atoms with van der Waals surface area (Å²) in [4.78, 5) is 9.17. The quantitative estimate of drug-likeness (QED) is 0.771. The van der Waals surface area contributed by atoms with Crippen LogP contribution in [0, 0.1) is 19.8 Å². The van der Waals surface area contributed by atoms with Crippen LogP contribution in [0.25, 0.3) is 11.3 Å². The number of hydrogen-bond donors (Lipinski definition) is 0. The lowest BCUT2D eigenvalue weighted by Gasteiger charge is -2.33. The molecule has 2 aromatic heterocycles. The molecule has 3 heterocycles. The summed E-state index contributed by atoms with van der Waals surface area (Å²) in [6, 6.07) is 0. The first-order chi connectivity index (χ1) is 12.7. The van der Waals surface area contributed by atoms with E-state index in [1.54, 1.807) is 30.8 Å². The maximum atomic E-state index is 12.4. The van der Waals surface area contributed by atoms with E-state index in [4.69, 9.17) is 0 Å². The standard InChI is InChI=1S/C18H28N6O2S/c1-13-18(14(2)23(5)21-13)17-11-19-16(10-20-17)9-15-7-6-8-24(12-15)27(25,26)22(3)4/h10-11,15H,6-9,12H2,1-5H3/t15-/m0/s1. The first-order valence-electron chi connectivity index (χ1n) is 9.19. The highest BCUT2D eigenvalue weighted by Gasteiger charge is 2.30. The van der Waals surface area contributed by atoms with Gasteiger partial charge in [-0.25, -0.2) is 0 Å². The first-order valence-corrected chi connectivity index (χ1v) is 10.6. The molecule has 1 fully saturated rings. The summed E-state index contributed by atoms with van der Waals surface area (Å²) in [6.45, 7) is 5.11. The molecule has 1 aliphatic heterocycles. The molecule has 148 valence electrons. The van der Waals surface area contributed by atoms with Crippen molar-refractivity contribution in [3.63, 3.8) is 0 Å². The number of aryl methyl sites for hydroxylation is 2. The summed E-state index contributed by atoms with van der Waals surface area (Å²) in [5.74, 6) is 0.260. The van der Waals surface area contributed by atoms with E-state index in [2.05, 4.69) is 15.1 Å². The highest BCUT2D eigenvalue weighted by atomic mass is 32.2. The molecular weight excluding hydrogens is 364 g/mol. The van der Waals surface area contributed by atoms with Gasteiger partial charge in [-0.05, 0) is 39.0 Å². The molecule has 3 rings (SSSR count). The number of rotatable bonds is 5. The molecule has 0 amide bonds. The average molecular weight is 393 g/mol. The van der Waals surface area contributed by atoms with Crippen molar-refractivity contribution in [1.82, 2.24) is 28.4 Å².